The van der Waals surface area contributed by atoms with Crippen LogP contribution >= 0.6 is 0 Å². The molecule has 2 rings (SSSR count). The van der Waals surface area contributed by atoms with Crippen molar-refractivity contribution in [1.82, 2.24) is 0 Å². The molecule has 0 unspecified atom stereocenters. The van der Waals surface area contributed by atoms with Gasteiger partial charge in [-0.1, -0.05) is 45.9 Å². The highest BCUT2D eigenvalue weighted by molar-refractivity contribution is 6.06. The first-order chi connectivity index (χ1) is 11.3. The van der Waals surface area contributed by atoms with Crippen LogP contribution in [0.1, 0.15) is 71.4 Å². The van der Waals surface area contributed by atoms with Crippen LogP contribution in [0.15, 0.2) is 42.5 Å². The van der Waals surface area contributed by atoms with Gasteiger partial charge in [0.05, 0.1) is 0 Å². The summed E-state index contributed by atoms with van der Waals surface area (Å²) >= 11 is 0. The van der Waals surface area contributed by atoms with E-state index in [1.165, 1.54) is 11.6 Å². The van der Waals surface area contributed by atoms with E-state index >= 15 is 0 Å². The van der Waals surface area contributed by atoms with Crippen molar-refractivity contribution in [2.24, 2.45) is 5.73 Å². The molecule has 0 heterocycles. The molecule has 2 aromatic carbocycles. The lowest BCUT2D eigenvalue weighted by Crippen LogP contribution is -2.16. The van der Waals surface area contributed by atoms with Crippen LogP contribution in [0.5, 0.6) is 0 Å². The van der Waals surface area contributed by atoms with Crippen LogP contribution in [0.4, 0.5) is 5.69 Å². The Labute approximate surface area is 143 Å². The molecule has 126 valence electrons. The monoisotopic (exact) mass is 324 g/mol. The standard InChI is InChI=1S/C20H24N2O2/c1-12(2)14-8-9-18(17(11-14)13(3)4)22-20(24)16-7-5-6-15(10-16)19(21)23/h5-13H,1-4H3,(H2,21,23)(H,22,24). The zero-order chi connectivity index (χ0) is 17.9. The topological polar surface area (TPSA) is 72.2 Å². The maximum atomic E-state index is 12.5. The predicted molar refractivity (Wildman–Crippen MR) is 97.5 cm³/mol. The summed E-state index contributed by atoms with van der Waals surface area (Å²) in [4.78, 5) is 23.8. The summed E-state index contributed by atoms with van der Waals surface area (Å²) in [5, 5.41) is 2.95. The molecule has 0 aliphatic carbocycles. The number of anilines is 1. The molecule has 0 fully saturated rings. The molecule has 0 radical (unpaired) electrons. The number of rotatable bonds is 5. The lowest BCUT2D eigenvalue weighted by atomic mass is 9.94. The Morgan fingerprint density at radius 3 is 2.17 bits per heavy atom. The SMILES string of the molecule is CC(C)c1ccc(NC(=O)c2cccc(C(N)=O)c2)c(C(C)C)c1. The summed E-state index contributed by atoms with van der Waals surface area (Å²) in [7, 11) is 0. The minimum atomic E-state index is -0.547. The van der Waals surface area contributed by atoms with E-state index in [-0.39, 0.29) is 11.8 Å². The number of primary amides is 1. The van der Waals surface area contributed by atoms with Crippen LogP contribution < -0.4 is 11.1 Å². The van der Waals surface area contributed by atoms with E-state index in [9.17, 15) is 9.59 Å². The number of carbonyl (C=O) groups is 2. The van der Waals surface area contributed by atoms with Crippen LogP contribution in [-0.2, 0) is 0 Å². The normalized spacial score (nSPS) is 10.9. The largest absolute Gasteiger partial charge is 0.366 e. The number of carbonyl (C=O) groups excluding carboxylic acids is 2. The average Bonchev–Trinajstić information content (AvgIpc) is 2.54. The summed E-state index contributed by atoms with van der Waals surface area (Å²) in [6.45, 7) is 8.49. The molecule has 4 nitrogen and oxygen atoms in total. The summed E-state index contributed by atoms with van der Waals surface area (Å²) < 4.78 is 0. The molecule has 2 amide bonds. The van der Waals surface area contributed by atoms with Crippen molar-refractivity contribution >= 4 is 17.5 Å². The highest BCUT2D eigenvalue weighted by Gasteiger charge is 2.14. The molecule has 24 heavy (non-hydrogen) atoms. The Morgan fingerprint density at radius 2 is 1.58 bits per heavy atom. The van der Waals surface area contributed by atoms with E-state index in [0.717, 1.165) is 11.3 Å². The number of hydrogen-bond donors (Lipinski definition) is 2. The van der Waals surface area contributed by atoms with E-state index in [1.54, 1.807) is 18.2 Å². The van der Waals surface area contributed by atoms with E-state index < -0.39 is 5.91 Å². The van der Waals surface area contributed by atoms with Crippen LogP contribution in [0.3, 0.4) is 0 Å². The van der Waals surface area contributed by atoms with Crippen molar-refractivity contribution in [1.29, 1.82) is 0 Å². The quantitative estimate of drug-likeness (QED) is 0.861. The Hall–Kier alpha value is -2.62. The summed E-state index contributed by atoms with van der Waals surface area (Å²) in [5.74, 6) is -0.0819. The maximum absolute atomic E-state index is 12.5. The van der Waals surface area contributed by atoms with E-state index in [0.29, 0.717) is 17.0 Å². The third kappa shape index (κ3) is 4.02. The molecule has 3 N–H and O–H groups in total. The molecule has 0 aromatic heterocycles. The van der Waals surface area contributed by atoms with Gasteiger partial charge in [0.1, 0.15) is 0 Å². The number of benzene rings is 2. The van der Waals surface area contributed by atoms with Gasteiger partial charge in [-0.15, -0.1) is 0 Å². The van der Waals surface area contributed by atoms with Crippen LogP contribution in [0, 0.1) is 0 Å². The molecule has 4 heteroatoms. The maximum Gasteiger partial charge on any atom is 0.255 e. The smallest absolute Gasteiger partial charge is 0.255 e. The fourth-order valence-corrected chi connectivity index (χ4v) is 2.54. The number of nitrogens with two attached hydrogens (primary N) is 1. The predicted octanol–water partition coefficient (Wildman–Crippen LogP) is 4.28. The minimum Gasteiger partial charge on any atom is -0.366 e. The van der Waals surface area contributed by atoms with E-state index in [4.69, 9.17) is 5.73 Å². The third-order valence-electron chi connectivity index (χ3n) is 4.02. The van der Waals surface area contributed by atoms with Crippen LogP contribution in [0.25, 0.3) is 0 Å². The highest BCUT2D eigenvalue weighted by Crippen LogP contribution is 2.28. The molecule has 2 aromatic rings. The third-order valence-corrected chi connectivity index (χ3v) is 4.02. The van der Waals surface area contributed by atoms with Gasteiger partial charge in [0, 0.05) is 16.8 Å². The number of hydrogen-bond acceptors (Lipinski definition) is 2. The number of amides is 2. The summed E-state index contributed by atoms with van der Waals surface area (Å²) in [5.41, 5.74) is 9.14. The Balaban J connectivity index is 2.31. The van der Waals surface area contributed by atoms with E-state index in [1.807, 2.05) is 12.1 Å². The van der Waals surface area contributed by atoms with Gasteiger partial charge < -0.3 is 11.1 Å². The first-order valence-corrected chi connectivity index (χ1v) is 8.14. The second-order valence-corrected chi connectivity index (χ2v) is 6.56. The zero-order valence-corrected chi connectivity index (χ0v) is 14.6. The molecule has 0 atom stereocenters. The van der Waals surface area contributed by atoms with Gasteiger partial charge in [-0.05, 0) is 47.2 Å². The van der Waals surface area contributed by atoms with Crippen LogP contribution in [-0.4, -0.2) is 11.8 Å². The molecule has 0 saturated heterocycles. The van der Waals surface area contributed by atoms with Gasteiger partial charge in [0.25, 0.3) is 5.91 Å². The van der Waals surface area contributed by atoms with Crippen LogP contribution in [0.2, 0.25) is 0 Å². The molecule has 0 bridgehead atoms. The Bertz CT molecular complexity index is 764. The van der Waals surface area contributed by atoms with Gasteiger partial charge >= 0.3 is 0 Å². The van der Waals surface area contributed by atoms with E-state index in [2.05, 4.69) is 39.1 Å². The molecule has 0 saturated carbocycles. The fourth-order valence-electron chi connectivity index (χ4n) is 2.54. The van der Waals surface area contributed by atoms with Gasteiger partial charge in [-0.25, -0.2) is 0 Å². The zero-order valence-electron chi connectivity index (χ0n) is 14.6. The van der Waals surface area contributed by atoms with Crippen molar-refractivity contribution in [2.45, 2.75) is 39.5 Å². The molecule has 0 aliphatic rings. The van der Waals surface area contributed by atoms with Crippen molar-refractivity contribution in [3.05, 3.63) is 64.7 Å². The summed E-state index contributed by atoms with van der Waals surface area (Å²) in [6.07, 6.45) is 0. The second kappa shape index (κ2) is 7.30. The van der Waals surface area contributed by atoms with Crippen molar-refractivity contribution in [3.63, 3.8) is 0 Å². The average molecular weight is 324 g/mol. The summed E-state index contributed by atoms with van der Waals surface area (Å²) in [6, 6.07) is 12.5. The molecular weight excluding hydrogens is 300 g/mol. The van der Waals surface area contributed by atoms with Gasteiger partial charge in [-0.3, -0.25) is 9.59 Å². The minimum absolute atomic E-state index is 0.253. The van der Waals surface area contributed by atoms with Crippen molar-refractivity contribution in [2.75, 3.05) is 5.32 Å². The Morgan fingerprint density at radius 1 is 0.917 bits per heavy atom. The highest BCUT2D eigenvalue weighted by atomic mass is 16.2. The second-order valence-electron chi connectivity index (χ2n) is 6.56. The van der Waals surface area contributed by atoms with Gasteiger partial charge in [0.2, 0.25) is 5.91 Å². The Kier molecular flexibility index (Phi) is 5.39. The fraction of sp³-hybridized carbons (Fsp3) is 0.300. The first-order valence-electron chi connectivity index (χ1n) is 8.14. The van der Waals surface area contributed by atoms with Crippen molar-refractivity contribution in [3.8, 4) is 0 Å². The lowest BCUT2D eigenvalue weighted by Gasteiger charge is -2.17. The molecule has 0 aliphatic heterocycles. The number of nitrogens with one attached hydrogen (secondary N) is 1. The van der Waals surface area contributed by atoms with Gasteiger partial charge in [0.15, 0.2) is 0 Å². The molecule has 0 spiro atoms. The first kappa shape index (κ1) is 17.7. The van der Waals surface area contributed by atoms with Gasteiger partial charge in [-0.2, -0.15) is 0 Å². The lowest BCUT2D eigenvalue weighted by molar-refractivity contribution is 0.1000. The van der Waals surface area contributed by atoms with Crippen molar-refractivity contribution < 1.29 is 9.59 Å². The molecular formula is C20H24N2O2.